The third kappa shape index (κ3) is 3.38. The van der Waals surface area contributed by atoms with Crippen molar-refractivity contribution in [3.8, 4) is 5.88 Å². The fourth-order valence-electron chi connectivity index (χ4n) is 2.67. The smallest absolute Gasteiger partial charge is 0.372 e. The minimum atomic E-state index is -0.465. The number of hydrogen-bond acceptors (Lipinski definition) is 7. The van der Waals surface area contributed by atoms with E-state index in [1.54, 1.807) is 0 Å². The van der Waals surface area contributed by atoms with Gasteiger partial charge in [-0.25, -0.2) is 4.98 Å². The van der Waals surface area contributed by atoms with Crippen LogP contribution in [0.2, 0.25) is 0 Å². The third-order valence-electron chi connectivity index (χ3n) is 3.59. The van der Waals surface area contributed by atoms with Gasteiger partial charge in [-0.3, -0.25) is 10.1 Å². The van der Waals surface area contributed by atoms with E-state index < -0.39 is 4.92 Å². The molecule has 1 fully saturated rings. The van der Waals surface area contributed by atoms with E-state index in [1.807, 2.05) is 11.8 Å². The molecule has 0 aromatic carbocycles. The predicted molar refractivity (Wildman–Crippen MR) is 78.8 cm³/mol. The summed E-state index contributed by atoms with van der Waals surface area (Å²) in [6, 6.07) is 0.206. The minimum absolute atomic E-state index is 0.00914. The van der Waals surface area contributed by atoms with Gasteiger partial charge in [0.15, 0.2) is 0 Å². The van der Waals surface area contributed by atoms with Crippen LogP contribution < -0.4 is 15.0 Å². The highest BCUT2D eigenvalue weighted by molar-refractivity contribution is 5.63. The summed E-state index contributed by atoms with van der Waals surface area (Å²) in [7, 11) is 1.38. The SMILES string of the molecule is CCCN(c1ncnc(OC)c1[N+](=O)[O-])C1CCCNC1. The van der Waals surface area contributed by atoms with Gasteiger partial charge < -0.3 is 15.0 Å². The lowest BCUT2D eigenvalue weighted by atomic mass is 10.1. The average Bonchev–Trinajstić information content (AvgIpc) is 2.52. The largest absolute Gasteiger partial charge is 0.476 e. The first kappa shape index (κ1) is 15.4. The number of rotatable bonds is 6. The van der Waals surface area contributed by atoms with Gasteiger partial charge in [-0.05, 0) is 25.8 Å². The van der Waals surface area contributed by atoms with Gasteiger partial charge in [0.05, 0.1) is 12.0 Å². The molecule has 1 N–H and O–H groups in total. The molecule has 0 spiro atoms. The van der Waals surface area contributed by atoms with Crippen LogP contribution in [0.15, 0.2) is 6.33 Å². The first-order valence-corrected chi connectivity index (χ1v) is 7.19. The summed E-state index contributed by atoms with van der Waals surface area (Å²) in [4.78, 5) is 21.0. The molecule has 2 rings (SSSR count). The summed E-state index contributed by atoms with van der Waals surface area (Å²) < 4.78 is 5.03. The molecule has 0 aliphatic carbocycles. The molecule has 116 valence electrons. The highest BCUT2D eigenvalue weighted by Crippen LogP contribution is 2.34. The Labute approximate surface area is 123 Å². The number of anilines is 1. The third-order valence-corrected chi connectivity index (χ3v) is 3.59. The van der Waals surface area contributed by atoms with E-state index in [0.717, 1.165) is 32.4 Å². The van der Waals surface area contributed by atoms with Crippen molar-refractivity contribution in [1.82, 2.24) is 15.3 Å². The summed E-state index contributed by atoms with van der Waals surface area (Å²) in [6.45, 7) is 4.57. The Balaban J connectivity index is 2.41. The van der Waals surface area contributed by atoms with E-state index in [2.05, 4.69) is 15.3 Å². The Morgan fingerprint density at radius 1 is 1.57 bits per heavy atom. The van der Waals surface area contributed by atoms with Gasteiger partial charge in [0.2, 0.25) is 5.82 Å². The average molecular weight is 295 g/mol. The number of nitrogens with one attached hydrogen (secondary N) is 1. The highest BCUT2D eigenvalue weighted by Gasteiger charge is 2.31. The molecule has 1 aliphatic rings. The molecule has 1 aliphatic heterocycles. The van der Waals surface area contributed by atoms with Crippen molar-refractivity contribution >= 4 is 11.5 Å². The zero-order valence-electron chi connectivity index (χ0n) is 12.4. The second kappa shape index (κ2) is 7.16. The first-order chi connectivity index (χ1) is 10.2. The Kier molecular flexibility index (Phi) is 5.26. The van der Waals surface area contributed by atoms with Gasteiger partial charge in [-0.1, -0.05) is 6.92 Å². The zero-order valence-corrected chi connectivity index (χ0v) is 12.4. The molecule has 8 heteroatoms. The van der Waals surface area contributed by atoms with Crippen molar-refractivity contribution in [3.63, 3.8) is 0 Å². The molecule has 8 nitrogen and oxygen atoms in total. The van der Waals surface area contributed by atoms with Crippen LogP contribution in [0.5, 0.6) is 5.88 Å². The second-order valence-electron chi connectivity index (χ2n) is 5.01. The molecule has 0 radical (unpaired) electrons. The lowest BCUT2D eigenvalue weighted by Crippen LogP contribution is -2.47. The molecular weight excluding hydrogens is 274 g/mol. The number of ether oxygens (including phenoxy) is 1. The summed E-state index contributed by atoms with van der Waals surface area (Å²) in [5, 5.41) is 14.7. The lowest BCUT2D eigenvalue weighted by Gasteiger charge is -2.35. The number of methoxy groups -OCH3 is 1. The molecule has 1 aromatic heterocycles. The Bertz CT molecular complexity index is 491. The van der Waals surface area contributed by atoms with Crippen molar-refractivity contribution in [2.24, 2.45) is 0 Å². The van der Waals surface area contributed by atoms with Gasteiger partial charge in [-0.15, -0.1) is 0 Å². The number of hydrogen-bond donors (Lipinski definition) is 1. The molecule has 0 saturated carbocycles. The van der Waals surface area contributed by atoms with E-state index in [1.165, 1.54) is 13.4 Å². The maximum Gasteiger partial charge on any atom is 0.372 e. The number of aromatic nitrogens is 2. The minimum Gasteiger partial charge on any atom is -0.476 e. The van der Waals surface area contributed by atoms with Gasteiger partial charge in [-0.2, -0.15) is 4.98 Å². The van der Waals surface area contributed by atoms with Crippen molar-refractivity contribution in [1.29, 1.82) is 0 Å². The topological polar surface area (TPSA) is 93.4 Å². The summed E-state index contributed by atoms with van der Waals surface area (Å²) in [6.07, 6.45) is 4.26. The van der Waals surface area contributed by atoms with Gasteiger partial charge in [0.25, 0.3) is 5.88 Å². The number of piperidine rings is 1. The zero-order chi connectivity index (χ0) is 15.2. The van der Waals surface area contributed by atoms with E-state index in [-0.39, 0.29) is 17.6 Å². The van der Waals surface area contributed by atoms with E-state index in [0.29, 0.717) is 12.4 Å². The lowest BCUT2D eigenvalue weighted by molar-refractivity contribution is -0.385. The molecular formula is C13H21N5O3. The van der Waals surface area contributed by atoms with Crippen LogP contribution in [0, 0.1) is 10.1 Å². The van der Waals surface area contributed by atoms with Crippen LogP contribution in [-0.2, 0) is 0 Å². The van der Waals surface area contributed by atoms with Crippen LogP contribution in [0.1, 0.15) is 26.2 Å². The highest BCUT2D eigenvalue weighted by atomic mass is 16.6. The first-order valence-electron chi connectivity index (χ1n) is 7.19. The summed E-state index contributed by atoms with van der Waals surface area (Å²) >= 11 is 0. The maximum atomic E-state index is 11.4. The number of nitro groups is 1. The monoisotopic (exact) mass is 295 g/mol. The van der Waals surface area contributed by atoms with E-state index >= 15 is 0 Å². The van der Waals surface area contributed by atoms with Crippen LogP contribution in [-0.4, -0.2) is 47.7 Å². The van der Waals surface area contributed by atoms with Gasteiger partial charge in [0.1, 0.15) is 6.33 Å². The van der Waals surface area contributed by atoms with Crippen molar-refractivity contribution in [3.05, 3.63) is 16.4 Å². The van der Waals surface area contributed by atoms with E-state index in [9.17, 15) is 10.1 Å². The maximum absolute atomic E-state index is 11.4. The van der Waals surface area contributed by atoms with Crippen molar-refractivity contribution in [2.45, 2.75) is 32.2 Å². The Morgan fingerprint density at radius 3 is 2.95 bits per heavy atom. The van der Waals surface area contributed by atoms with Crippen LogP contribution in [0.4, 0.5) is 11.5 Å². The van der Waals surface area contributed by atoms with E-state index in [4.69, 9.17) is 4.74 Å². The molecule has 1 unspecified atom stereocenters. The van der Waals surface area contributed by atoms with Crippen LogP contribution in [0.3, 0.4) is 0 Å². The molecule has 21 heavy (non-hydrogen) atoms. The van der Waals surface area contributed by atoms with Crippen LogP contribution >= 0.6 is 0 Å². The van der Waals surface area contributed by atoms with Gasteiger partial charge in [0, 0.05) is 19.1 Å². The van der Waals surface area contributed by atoms with Crippen molar-refractivity contribution < 1.29 is 9.66 Å². The molecule has 0 bridgehead atoms. The van der Waals surface area contributed by atoms with Crippen LogP contribution in [0.25, 0.3) is 0 Å². The Morgan fingerprint density at radius 2 is 2.38 bits per heavy atom. The fraction of sp³-hybridized carbons (Fsp3) is 0.692. The second-order valence-corrected chi connectivity index (χ2v) is 5.01. The molecule has 2 heterocycles. The molecule has 1 aromatic rings. The predicted octanol–water partition coefficient (Wildman–Crippen LogP) is 1.36. The van der Waals surface area contributed by atoms with Crippen molar-refractivity contribution in [2.75, 3.05) is 31.6 Å². The van der Waals surface area contributed by atoms with Gasteiger partial charge >= 0.3 is 5.69 Å². The fourth-order valence-corrected chi connectivity index (χ4v) is 2.67. The molecule has 1 atom stereocenters. The normalized spacial score (nSPS) is 18.3. The summed E-state index contributed by atoms with van der Waals surface area (Å²) in [5.74, 6) is 0.359. The molecule has 1 saturated heterocycles. The molecule has 0 amide bonds. The standard InChI is InChI=1S/C13H21N5O3/c1-3-7-17(10-5-4-6-14-8-10)12-11(18(19)20)13(21-2)16-9-15-12/h9-10,14H,3-8H2,1-2H3. The quantitative estimate of drug-likeness (QED) is 0.625. The summed E-state index contributed by atoms with van der Waals surface area (Å²) in [5.41, 5.74) is -0.154. The number of nitrogens with zero attached hydrogens (tertiary/aromatic N) is 4. The Hall–Kier alpha value is -1.96.